The van der Waals surface area contributed by atoms with Crippen molar-refractivity contribution in [3.63, 3.8) is 0 Å². The molecule has 0 bridgehead atoms. The Kier molecular flexibility index (Phi) is 10.2. The minimum Gasteiger partial charge on any atom is -0.310 e. The highest BCUT2D eigenvalue weighted by Gasteiger charge is 2.18. The molecule has 0 N–H and O–H groups in total. The molecule has 1 heterocycles. The van der Waals surface area contributed by atoms with Gasteiger partial charge in [0.15, 0.2) is 0 Å². The van der Waals surface area contributed by atoms with Crippen molar-refractivity contribution >= 4 is 60.4 Å². The number of anilines is 3. The van der Waals surface area contributed by atoms with Gasteiger partial charge in [-0.25, -0.2) is 0 Å². The van der Waals surface area contributed by atoms with E-state index in [4.69, 9.17) is 0 Å². The van der Waals surface area contributed by atoms with Gasteiger partial charge in [0.1, 0.15) is 0 Å². The summed E-state index contributed by atoms with van der Waals surface area (Å²) < 4.78 is 2.48. The molecule has 1 aromatic heterocycles. The van der Waals surface area contributed by atoms with Crippen molar-refractivity contribution in [2.24, 2.45) is 0 Å². The zero-order valence-corrected chi connectivity index (χ0v) is 38.5. The Morgan fingerprint density at radius 1 is 0.229 bits per heavy atom. The van der Waals surface area contributed by atoms with Crippen molar-refractivity contribution < 1.29 is 0 Å². The molecule has 0 radical (unpaired) electrons. The largest absolute Gasteiger partial charge is 0.310 e. The summed E-state index contributed by atoms with van der Waals surface area (Å²) in [5.41, 5.74) is 18.7. The Labute approximate surface area is 408 Å². The fourth-order valence-corrected chi connectivity index (χ4v) is 10.4. The predicted molar refractivity (Wildman–Crippen MR) is 298 cm³/mol. The van der Waals surface area contributed by atoms with Crippen LogP contribution in [0.1, 0.15) is 0 Å². The number of rotatable bonds is 9. The van der Waals surface area contributed by atoms with Gasteiger partial charge in [-0.05, 0) is 139 Å². The third-order valence-electron chi connectivity index (χ3n) is 13.9. The van der Waals surface area contributed by atoms with Crippen molar-refractivity contribution in [1.29, 1.82) is 0 Å². The number of nitrogens with zero attached hydrogens (tertiary/aromatic N) is 2. The number of hydrogen-bond donors (Lipinski definition) is 0. The van der Waals surface area contributed by atoms with Gasteiger partial charge in [0.05, 0.1) is 11.0 Å². The standard InChI is InChI=1S/C68H46N2/c1-4-14-47(15-5-1)50-24-26-51(27-25-50)52-30-36-60(37-31-52)69(62-40-34-56-42-55(28-29-57(56)44-62)48-16-6-2-7-17-48)61-38-32-53(33-39-61)59-43-58(49-18-8-3-9-19-49)45-63(46-59)70-67-23-13-12-22-65(67)66-41-35-54-20-10-11-21-64(54)68(66)70/h1-46H. The summed E-state index contributed by atoms with van der Waals surface area (Å²) in [5, 5.41) is 7.38. The number of aromatic nitrogens is 1. The van der Waals surface area contributed by atoms with Gasteiger partial charge < -0.3 is 9.47 Å². The highest BCUT2D eigenvalue weighted by molar-refractivity contribution is 6.18. The Bertz CT molecular complexity index is 4000. The number of fused-ring (bicyclic) bond motifs is 6. The lowest BCUT2D eigenvalue weighted by molar-refractivity contribution is 1.19. The number of benzene rings is 12. The van der Waals surface area contributed by atoms with E-state index in [0.717, 1.165) is 33.9 Å². The second-order valence-electron chi connectivity index (χ2n) is 18.2. The van der Waals surface area contributed by atoms with Crippen molar-refractivity contribution in [2.75, 3.05) is 4.90 Å². The van der Waals surface area contributed by atoms with Gasteiger partial charge in [0.2, 0.25) is 0 Å². The topological polar surface area (TPSA) is 8.17 Å². The molecule has 0 aliphatic heterocycles. The van der Waals surface area contributed by atoms with E-state index < -0.39 is 0 Å². The third kappa shape index (κ3) is 7.49. The first-order chi connectivity index (χ1) is 34.7. The normalized spacial score (nSPS) is 11.4. The smallest absolute Gasteiger partial charge is 0.0619 e. The Hall–Kier alpha value is -9.24. The van der Waals surface area contributed by atoms with Crippen LogP contribution < -0.4 is 4.90 Å². The fraction of sp³-hybridized carbons (Fsp3) is 0. The molecule has 13 aromatic rings. The fourth-order valence-electron chi connectivity index (χ4n) is 10.4. The highest BCUT2D eigenvalue weighted by Crippen LogP contribution is 2.42. The van der Waals surface area contributed by atoms with E-state index in [-0.39, 0.29) is 0 Å². The van der Waals surface area contributed by atoms with Crippen molar-refractivity contribution in [2.45, 2.75) is 0 Å². The van der Waals surface area contributed by atoms with Gasteiger partial charge in [-0.1, -0.05) is 212 Å². The molecule has 0 saturated heterocycles. The molecule has 0 amide bonds. The lowest BCUT2D eigenvalue weighted by Gasteiger charge is -2.26. The molecule has 0 spiro atoms. The second kappa shape index (κ2) is 17.4. The molecule has 0 aliphatic carbocycles. The summed E-state index contributed by atoms with van der Waals surface area (Å²) in [5.74, 6) is 0. The molecule has 13 rings (SSSR count). The monoisotopic (exact) mass is 890 g/mol. The van der Waals surface area contributed by atoms with Crippen LogP contribution in [0.5, 0.6) is 0 Å². The predicted octanol–water partition coefficient (Wildman–Crippen LogP) is 18.9. The van der Waals surface area contributed by atoms with Gasteiger partial charge in [-0.15, -0.1) is 0 Å². The first-order valence-electron chi connectivity index (χ1n) is 24.1. The average molecular weight is 891 g/mol. The van der Waals surface area contributed by atoms with E-state index in [2.05, 4.69) is 289 Å². The van der Waals surface area contributed by atoms with E-state index in [1.165, 1.54) is 87.9 Å². The quantitative estimate of drug-likeness (QED) is 0.140. The lowest BCUT2D eigenvalue weighted by Crippen LogP contribution is -2.09. The molecule has 0 unspecified atom stereocenters. The zero-order chi connectivity index (χ0) is 46.4. The molecule has 0 saturated carbocycles. The third-order valence-corrected chi connectivity index (χ3v) is 13.9. The molecule has 2 heteroatoms. The summed E-state index contributed by atoms with van der Waals surface area (Å²) in [6.07, 6.45) is 0. The molecule has 70 heavy (non-hydrogen) atoms. The van der Waals surface area contributed by atoms with Crippen molar-refractivity contribution in [1.82, 2.24) is 4.57 Å². The molecular weight excluding hydrogens is 845 g/mol. The van der Waals surface area contributed by atoms with Crippen LogP contribution in [0.4, 0.5) is 17.1 Å². The summed E-state index contributed by atoms with van der Waals surface area (Å²) in [7, 11) is 0. The molecule has 2 nitrogen and oxygen atoms in total. The minimum atomic E-state index is 1.08. The van der Waals surface area contributed by atoms with E-state index in [9.17, 15) is 0 Å². The van der Waals surface area contributed by atoms with Crippen LogP contribution in [0.3, 0.4) is 0 Å². The summed E-state index contributed by atoms with van der Waals surface area (Å²) in [6.45, 7) is 0. The first-order valence-corrected chi connectivity index (χ1v) is 24.1. The molecule has 328 valence electrons. The van der Waals surface area contributed by atoms with Crippen molar-refractivity contribution in [3.8, 4) is 61.3 Å². The van der Waals surface area contributed by atoms with Crippen LogP contribution in [0.25, 0.3) is 105 Å². The van der Waals surface area contributed by atoms with Crippen LogP contribution >= 0.6 is 0 Å². The maximum atomic E-state index is 2.48. The Morgan fingerprint density at radius 3 is 1.26 bits per heavy atom. The maximum absolute atomic E-state index is 2.48. The van der Waals surface area contributed by atoms with E-state index >= 15 is 0 Å². The second-order valence-corrected chi connectivity index (χ2v) is 18.2. The molecule has 0 aliphatic rings. The van der Waals surface area contributed by atoms with Crippen LogP contribution in [-0.4, -0.2) is 4.57 Å². The van der Waals surface area contributed by atoms with Gasteiger partial charge >= 0.3 is 0 Å². The van der Waals surface area contributed by atoms with E-state index in [1.807, 2.05) is 0 Å². The van der Waals surface area contributed by atoms with Crippen LogP contribution in [-0.2, 0) is 0 Å². The number of para-hydroxylation sites is 1. The van der Waals surface area contributed by atoms with Crippen LogP contribution in [0.2, 0.25) is 0 Å². The van der Waals surface area contributed by atoms with Crippen molar-refractivity contribution in [3.05, 3.63) is 279 Å². The van der Waals surface area contributed by atoms with Crippen LogP contribution in [0, 0.1) is 0 Å². The SMILES string of the molecule is c1ccc(-c2ccc(-c3ccc(N(c4ccc(-c5cc(-c6ccccc6)cc(-n6c7ccccc7c7ccc8ccccc8c76)c5)cc4)c4ccc5cc(-c6ccccc6)ccc5c4)cc3)cc2)cc1. The van der Waals surface area contributed by atoms with Crippen LogP contribution in [0.15, 0.2) is 279 Å². The first kappa shape index (κ1) is 41.0. The summed E-state index contributed by atoms with van der Waals surface area (Å²) in [4.78, 5) is 2.38. The van der Waals surface area contributed by atoms with Gasteiger partial charge in [0, 0.05) is 38.9 Å². The Balaban J connectivity index is 0.922. The molecular formula is C68H46N2. The summed E-state index contributed by atoms with van der Waals surface area (Å²) in [6, 6.07) is 102. The zero-order valence-electron chi connectivity index (χ0n) is 38.5. The maximum Gasteiger partial charge on any atom is 0.0619 e. The van der Waals surface area contributed by atoms with Gasteiger partial charge in [-0.3, -0.25) is 0 Å². The van der Waals surface area contributed by atoms with E-state index in [0.29, 0.717) is 0 Å². The lowest BCUT2D eigenvalue weighted by atomic mass is 9.97. The molecule has 12 aromatic carbocycles. The highest BCUT2D eigenvalue weighted by atomic mass is 15.1. The molecule has 0 fully saturated rings. The Morgan fingerprint density at radius 2 is 0.643 bits per heavy atom. The summed E-state index contributed by atoms with van der Waals surface area (Å²) >= 11 is 0. The van der Waals surface area contributed by atoms with E-state index in [1.54, 1.807) is 0 Å². The minimum absolute atomic E-state index is 1.08. The number of hydrogen-bond acceptors (Lipinski definition) is 1. The van der Waals surface area contributed by atoms with Gasteiger partial charge in [-0.2, -0.15) is 0 Å². The average Bonchev–Trinajstić information content (AvgIpc) is 3.79. The molecule has 0 atom stereocenters. The van der Waals surface area contributed by atoms with Gasteiger partial charge in [0.25, 0.3) is 0 Å².